The molecule has 1 heterocycles. The van der Waals surface area contributed by atoms with Crippen molar-refractivity contribution in [2.24, 2.45) is 5.92 Å². The van der Waals surface area contributed by atoms with Crippen LogP contribution in [0.1, 0.15) is 32.1 Å². The molecule has 0 amide bonds. The Balaban J connectivity index is 1.62. The van der Waals surface area contributed by atoms with Gasteiger partial charge in [-0.15, -0.1) is 0 Å². The SMILES string of the molecule is Clc1cccc2nc(NCCC3CCCC3)sc12. The van der Waals surface area contributed by atoms with E-state index in [0.29, 0.717) is 0 Å². The number of benzene rings is 1. The smallest absolute Gasteiger partial charge is 0.183 e. The van der Waals surface area contributed by atoms with Crippen LogP contribution in [0.4, 0.5) is 5.13 Å². The van der Waals surface area contributed by atoms with Crippen LogP contribution in [0, 0.1) is 5.92 Å². The maximum Gasteiger partial charge on any atom is 0.183 e. The van der Waals surface area contributed by atoms with E-state index in [2.05, 4.69) is 10.3 Å². The monoisotopic (exact) mass is 280 g/mol. The fourth-order valence-electron chi connectivity index (χ4n) is 2.67. The van der Waals surface area contributed by atoms with Crippen LogP contribution in [0.3, 0.4) is 0 Å². The average molecular weight is 281 g/mol. The Labute approximate surface area is 116 Å². The second-order valence-electron chi connectivity index (χ2n) is 4.97. The zero-order chi connectivity index (χ0) is 12.4. The van der Waals surface area contributed by atoms with Crippen molar-refractivity contribution in [3.8, 4) is 0 Å². The van der Waals surface area contributed by atoms with E-state index in [1.54, 1.807) is 11.3 Å². The van der Waals surface area contributed by atoms with E-state index in [1.807, 2.05) is 18.2 Å². The average Bonchev–Trinajstić information content (AvgIpc) is 2.98. The van der Waals surface area contributed by atoms with Gasteiger partial charge in [0, 0.05) is 6.54 Å². The molecule has 0 atom stereocenters. The van der Waals surface area contributed by atoms with Crippen LogP contribution in [0.25, 0.3) is 10.2 Å². The molecule has 1 aromatic carbocycles. The molecule has 1 aliphatic rings. The van der Waals surface area contributed by atoms with Crippen molar-refractivity contribution < 1.29 is 0 Å². The third-order valence-corrected chi connectivity index (χ3v) is 5.16. The quantitative estimate of drug-likeness (QED) is 0.858. The highest BCUT2D eigenvalue weighted by atomic mass is 35.5. The molecule has 0 radical (unpaired) electrons. The van der Waals surface area contributed by atoms with Crippen molar-refractivity contribution in [2.45, 2.75) is 32.1 Å². The van der Waals surface area contributed by atoms with Crippen molar-refractivity contribution in [3.63, 3.8) is 0 Å². The van der Waals surface area contributed by atoms with E-state index in [0.717, 1.165) is 32.8 Å². The van der Waals surface area contributed by atoms with Gasteiger partial charge in [-0.2, -0.15) is 0 Å². The van der Waals surface area contributed by atoms with Gasteiger partial charge < -0.3 is 5.32 Å². The lowest BCUT2D eigenvalue weighted by atomic mass is 10.0. The molecule has 3 rings (SSSR count). The van der Waals surface area contributed by atoms with Crippen molar-refractivity contribution in [2.75, 3.05) is 11.9 Å². The molecule has 1 fully saturated rings. The molecule has 1 saturated carbocycles. The zero-order valence-corrected chi connectivity index (χ0v) is 11.9. The van der Waals surface area contributed by atoms with Gasteiger partial charge in [0.05, 0.1) is 15.2 Å². The Morgan fingerprint density at radius 1 is 1.33 bits per heavy atom. The van der Waals surface area contributed by atoms with Gasteiger partial charge in [-0.1, -0.05) is 54.7 Å². The van der Waals surface area contributed by atoms with E-state index in [1.165, 1.54) is 32.1 Å². The first-order chi connectivity index (χ1) is 8.83. The number of anilines is 1. The molecular formula is C14H17ClN2S. The number of hydrogen-bond acceptors (Lipinski definition) is 3. The predicted molar refractivity (Wildman–Crippen MR) is 79.7 cm³/mol. The van der Waals surface area contributed by atoms with Gasteiger partial charge >= 0.3 is 0 Å². The lowest BCUT2D eigenvalue weighted by Gasteiger charge is -2.08. The number of rotatable bonds is 4. The predicted octanol–water partition coefficient (Wildman–Crippen LogP) is 4.94. The van der Waals surface area contributed by atoms with Gasteiger partial charge in [-0.05, 0) is 24.5 Å². The minimum absolute atomic E-state index is 0.800. The van der Waals surface area contributed by atoms with Crippen LogP contribution < -0.4 is 5.32 Å². The summed E-state index contributed by atoms with van der Waals surface area (Å²) in [5, 5.41) is 5.23. The first-order valence-corrected chi connectivity index (χ1v) is 7.81. The van der Waals surface area contributed by atoms with E-state index >= 15 is 0 Å². The van der Waals surface area contributed by atoms with Crippen molar-refractivity contribution in [1.82, 2.24) is 4.98 Å². The zero-order valence-electron chi connectivity index (χ0n) is 10.3. The first kappa shape index (κ1) is 12.2. The largest absolute Gasteiger partial charge is 0.361 e. The minimum Gasteiger partial charge on any atom is -0.361 e. The molecule has 2 nitrogen and oxygen atoms in total. The van der Waals surface area contributed by atoms with Gasteiger partial charge in [0.25, 0.3) is 0 Å². The molecule has 18 heavy (non-hydrogen) atoms. The summed E-state index contributed by atoms with van der Waals surface area (Å²) in [6, 6.07) is 5.89. The third-order valence-electron chi connectivity index (χ3n) is 3.67. The van der Waals surface area contributed by atoms with Crippen LogP contribution in [0.2, 0.25) is 5.02 Å². The molecule has 0 bridgehead atoms. The van der Waals surface area contributed by atoms with Crippen LogP contribution in [0.15, 0.2) is 18.2 Å². The summed E-state index contributed by atoms with van der Waals surface area (Å²) in [5.41, 5.74) is 0.996. The van der Waals surface area contributed by atoms with Gasteiger partial charge in [-0.25, -0.2) is 4.98 Å². The third kappa shape index (κ3) is 2.62. The van der Waals surface area contributed by atoms with Gasteiger partial charge in [0.2, 0.25) is 0 Å². The molecule has 0 saturated heterocycles. The summed E-state index contributed by atoms with van der Waals surface area (Å²) in [5.74, 6) is 0.926. The molecule has 1 aromatic heterocycles. The van der Waals surface area contributed by atoms with Gasteiger partial charge in [0.1, 0.15) is 0 Å². The van der Waals surface area contributed by atoms with E-state index in [9.17, 15) is 0 Å². The Kier molecular flexibility index (Phi) is 3.71. The Morgan fingerprint density at radius 3 is 2.94 bits per heavy atom. The number of fused-ring (bicyclic) bond motifs is 1. The molecule has 4 heteroatoms. The molecule has 1 aliphatic carbocycles. The number of halogens is 1. The fraction of sp³-hybridized carbons (Fsp3) is 0.500. The maximum atomic E-state index is 6.15. The standard InChI is InChI=1S/C14H17ClN2S/c15-11-6-3-7-12-13(11)18-14(17-12)16-9-8-10-4-1-2-5-10/h3,6-7,10H,1-2,4-5,8-9H2,(H,16,17). The summed E-state index contributed by atoms with van der Waals surface area (Å²) < 4.78 is 1.09. The number of nitrogens with one attached hydrogen (secondary N) is 1. The number of aromatic nitrogens is 1. The summed E-state index contributed by atoms with van der Waals surface area (Å²) >= 11 is 7.80. The van der Waals surface area contributed by atoms with E-state index < -0.39 is 0 Å². The Bertz CT molecular complexity index is 532. The lowest BCUT2D eigenvalue weighted by molar-refractivity contribution is 0.518. The summed E-state index contributed by atoms with van der Waals surface area (Å²) in [6.45, 7) is 1.03. The fourth-order valence-corrected chi connectivity index (χ4v) is 3.85. The number of hydrogen-bond donors (Lipinski definition) is 1. The summed E-state index contributed by atoms with van der Waals surface area (Å²) in [6.07, 6.45) is 6.92. The number of nitrogens with zero attached hydrogens (tertiary/aromatic N) is 1. The van der Waals surface area contributed by atoms with E-state index in [4.69, 9.17) is 11.6 Å². The van der Waals surface area contributed by atoms with Gasteiger partial charge in [-0.3, -0.25) is 0 Å². The number of thiazole rings is 1. The van der Waals surface area contributed by atoms with Crippen molar-refractivity contribution >= 4 is 38.3 Å². The highest BCUT2D eigenvalue weighted by Crippen LogP contribution is 2.32. The highest BCUT2D eigenvalue weighted by Gasteiger charge is 2.14. The highest BCUT2D eigenvalue weighted by molar-refractivity contribution is 7.22. The van der Waals surface area contributed by atoms with E-state index in [-0.39, 0.29) is 0 Å². The molecule has 96 valence electrons. The van der Waals surface area contributed by atoms with Gasteiger partial charge in [0.15, 0.2) is 5.13 Å². The Hall–Kier alpha value is -0.800. The Morgan fingerprint density at radius 2 is 2.17 bits per heavy atom. The van der Waals surface area contributed by atoms with Crippen LogP contribution in [-0.2, 0) is 0 Å². The minimum atomic E-state index is 0.800. The topological polar surface area (TPSA) is 24.9 Å². The van der Waals surface area contributed by atoms with Crippen molar-refractivity contribution in [1.29, 1.82) is 0 Å². The molecule has 0 aliphatic heterocycles. The second-order valence-corrected chi connectivity index (χ2v) is 6.38. The van der Waals surface area contributed by atoms with Crippen molar-refractivity contribution in [3.05, 3.63) is 23.2 Å². The molecule has 0 spiro atoms. The molecule has 2 aromatic rings. The molecule has 0 unspecified atom stereocenters. The molecule has 1 N–H and O–H groups in total. The first-order valence-electron chi connectivity index (χ1n) is 6.62. The molecular weight excluding hydrogens is 264 g/mol. The lowest BCUT2D eigenvalue weighted by Crippen LogP contribution is -2.06. The maximum absolute atomic E-state index is 6.15. The summed E-state index contributed by atoms with van der Waals surface area (Å²) in [7, 11) is 0. The van der Waals surface area contributed by atoms with Crippen LogP contribution in [0.5, 0.6) is 0 Å². The summed E-state index contributed by atoms with van der Waals surface area (Å²) in [4.78, 5) is 4.56. The second kappa shape index (κ2) is 5.45. The van der Waals surface area contributed by atoms with Crippen LogP contribution in [-0.4, -0.2) is 11.5 Å². The normalized spacial score (nSPS) is 16.5. The van der Waals surface area contributed by atoms with Crippen LogP contribution >= 0.6 is 22.9 Å².